The molecule has 0 atom stereocenters. The number of benzene rings is 1. The molecule has 2 heterocycles. The van der Waals surface area contributed by atoms with E-state index in [2.05, 4.69) is 10.1 Å². The number of carbonyl (C=O) groups is 1. The van der Waals surface area contributed by atoms with Gasteiger partial charge in [0.05, 0.1) is 5.52 Å². The van der Waals surface area contributed by atoms with Gasteiger partial charge in [0.25, 0.3) is 0 Å². The van der Waals surface area contributed by atoms with E-state index in [9.17, 15) is 9.59 Å². The SMILES string of the molecule is Cc1nc2ccccc2c2nn(CC(=O)N(C(C)C)C(C)C)c(=O)n12. The predicted molar refractivity (Wildman–Crippen MR) is 96.6 cm³/mol. The van der Waals surface area contributed by atoms with Crippen molar-refractivity contribution in [1.82, 2.24) is 24.1 Å². The number of carbonyl (C=O) groups excluding carboxylic acids is 1. The largest absolute Gasteiger partial charge is 0.352 e. The van der Waals surface area contributed by atoms with Crippen molar-refractivity contribution in [3.8, 4) is 0 Å². The Hall–Kier alpha value is -2.70. The van der Waals surface area contributed by atoms with Gasteiger partial charge in [-0.2, -0.15) is 0 Å². The van der Waals surface area contributed by atoms with Crippen LogP contribution >= 0.6 is 0 Å². The maximum absolute atomic E-state index is 12.7. The quantitative estimate of drug-likeness (QED) is 0.727. The molecule has 132 valence electrons. The van der Waals surface area contributed by atoms with Gasteiger partial charge in [-0.15, -0.1) is 5.10 Å². The van der Waals surface area contributed by atoms with Crippen LogP contribution in [0.3, 0.4) is 0 Å². The lowest BCUT2D eigenvalue weighted by Crippen LogP contribution is -2.45. The molecule has 2 aromatic heterocycles. The Labute approximate surface area is 145 Å². The zero-order chi connectivity index (χ0) is 18.3. The highest BCUT2D eigenvalue weighted by atomic mass is 16.2. The van der Waals surface area contributed by atoms with Crippen molar-refractivity contribution >= 4 is 22.5 Å². The second-order valence-electron chi connectivity index (χ2n) is 6.76. The summed E-state index contributed by atoms with van der Waals surface area (Å²) in [4.78, 5) is 31.6. The fourth-order valence-corrected chi connectivity index (χ4v) is 3.34. The highest BCUT2D eigenvalue weighted by Crippen LogP contribution is 2.16. The third-order valence-electron chi connectivity index (χ3n) is 4.28. The lowest BCUT2D eigenvalue weighted by atomic mass is 10.2. The van der Waals surface area contributed by atoms with E-state index >= 15 is 0 Å². The van der Waals surface area contributed by atoms with E-state index in [1.54, 1.807) is 11.8 Å². The van der Waals surface area contributed by atoms with Crippen LogP contribution in [0.25, 0.3) is 16.6 Å². The molecule has 1 amide bonds. The Bertz CT molecular complexity index is 992. The number of nitrogens with zero attached hydrogens (tertiary/aromatic N) is 5. The van der Waals surface area contributed by atoms with Gasteiger partial charge in [0.2, 0.25) is 5.91 Å². The second kappa shape index (κ2) is 6.31. The van der Waals surface area contributed by atoms with E-state index in [1.807, 2.05) is 52.0 Å². The molecule has 0 N–H and O–H groups in total. The van der Waals surface area contributed by atoms with Crippen molar-refractivity contribution in [2.75, 3.05) is 0 Å². The van der Waals surface area contributed by atoms with Gasteiger partial charge in [0, 0.05) is 17.5 Å². The van der Waals surface area contributed by atoms with Crippen LogP contribution in [0.2, 0.25) is 0 Å². The number of hydrogen-bond donors (Lipinski definition) is 0. The Kier molecular flexibility index (Phi) is 4.32. The minimum atomic E-state index is -0.341. The average molecular weight is 341 g/mol. The lowest BCUT2D eigenvalue weighted by molar-refractivity contribution is -0.135. The molecule has 0 fully saturated rings. The molecule has 3 rings (SSSR count). The van der Waals surface area contributed by atoms with Crippen molar-refractivity contribution in [3.63, 3.8) is 0 Å². The normalized spacial score (nSPS) is 11.8. The van der Waals surface area contributed by atoms with Crippen LogP contribution in [0.15, 0.2) is 29.1 Å². The molecule has 0 aliphatic heterocycles. The summed E-state index contributed by atoms with van der Waals surface area (Å²) in [5.74, 6) is 0.437. The van der Waals surface area contributed by atoms with Gasteiger partial charge in [-0.3, -0.25) is 4.79 Å². The van der Waals surface area contributed by atoms with Crippen molar-refractivity contribution in [2.45, 2.75) is 53.2 Å². The lowest BCUT2D eigenvalue weighted by Gasteiger charge is -2.30. The number of para-hydroxylation sites is 1. The van der Waals surface area contributed by atoms with E-state index in [-0.39, 0.29) is 30.2 Å². The summed E-state index contributed by atoms with van der Waals surface area (Å²) in [6.45, 7) is 9.55. The zero-order valence-corrected chi connectivity index (χ0v) is 15.2. The highest BCUT2D eigenvalue weighted by Gasteiger charge is 2.22. The highest BCUT2D eigenvalue weighted by molar-refractivity contribution is 5.91. The smallest absolute Gasteiger partial charge is 0.336 e. The summed E-state index contributed by atoms with van der Waals surface area (Å²) in [5, 5.41) is 5.21. The van der Waals surface area contributed by atoms with Crippen molar-refractivity contribution in [3.05, 3.63) is 40.6 Å². The van der Waals surface area contributed by atoms with Gasteiger partial charge in [-0.25, -0.2) is 18.9 Å². The summed E-state index contributed by atoms with van der Waals surface area (Å²) >= 11 is 0. The van der Waals surface area contributed by atoms with Crippen molar-refractivity contribution in [2.24, 2.45) is 0 Å². The van der Waals surface area contributed by atoms with Crippen LogP contribution in [0.1, 0.15) is 33.5 Å². The van der Waals surface area contributed by atoms with Crippen LogP contribution < -0.4 is 5.69 Å². The fourth-order valence-electron chi connectivity index (χ4n) is 3.34. The van der Waals surface area contributed by atoms with Crippen LogP contribution in [0.4, 0.5) is 0 Å². The summed E-state index contributed by atoms with van der Waals surface area (Å²) in [5.41, 5.74) is 0.968. The van der Waals surface area contributed by atoms with Gasteiger partial charge in [-0.05, 0) is 46.8 Å². The number of aromatic nitrogens is 4. The summed E-state index contributed by atoms with van der Waals surface area (Å²) in [6.07, 6.45) is 0. The maximum Gasteiger partial charge on any atom is 0.352 e. The second-order valence-corrected chi connectivity index (χ2v) is 6.76. The van der Waals surface area contributed by atoms with Gasteiger partial charge in [-0.1, -0.05) is 12.1 Å². The van der Waals surface area contributed by atoms with E-state index in [0.717, 1.165) is 10.9 Å². The molecule has 0 saturated carbocycles. The first kappa shape index (κ1) is 17.1. The number of amides is 1. The molecule has 7 nitrogen and oxygen atoms in total. The molecule has 0 saturated heterocycles. The molecule has 0 aliphatic carbocycles. The maximum atomic E-state index is 12.7. The van der Waals surface area contributed by atoms with Crippen LogP contribution in [0, 0.1) is 6.92 Å². The average Bonchev–Trinajstić information content (AvgIpc) is 2.84. The monoisotopic (exact) mass is 341 g/mol. The summed E-state index contributed by atoms with van der Waals surface area (Å²) < 4.78 is 2.70. The first-order valence-corrected chi connectivity index (χ1v) is 8.47. The molecule has 7 heteroatoms. The standard InChI is InChI=1S/C18H23N5O2/c1-11(2)22(12(3)4)16(24)10-21-18(25)23-13(5)19-15-9-7-6-8-14(15)17(23)20-21/h6-9,11-12H,10H2,1-5H3. The van der Waals surface area contributed by atoms with Crippen LogP contribution in [0.5, 0.6) is 0 Å². The van der Waals surface area contributed by atoms with Crippen LogP contribution in [-0.2, 0) is 11.3 Å². The number of hydrogen-bond acceptors (Lipinski definition) is 4. The molecule has 1 aromatic carbocycles. The molecular formula is C18H23N5O2. The van der Waals surface area contributed by atoms with E-state index in [4.69, 9.17) is 0 Å². The van der Waals surface area contributed by atoms with Crippen LogP contribution in [-0.4, -0.2) is 42.1 Å². The number of rotatable bonds is 4. The molecule has 3 aromatic rings. The van der Waals surface area contributed by atoms with Gasteiger partial charge in [0.1, 0.15) is 12.4 Å². The Balaban J connectivity index is 2.11. The zero-order valence-electron chi connectivity index (χ0n) is 15.2. The summed E-state index contributed by atoms with van der Waals surface area (Å²) in [7, 11) is 0. The molecule has 0 bridgehead atoms. The minimum Gasteiger partial charge on any atom is -0.336 e. The number of fused-ring (bicyclic) bond motifs is 3. The minimum absolute atomic E-state index is 0.0597. The van der Waals surface area contributed by atoms with Gasteiger partial charge < -0.3 is 4.90 Å². The van der Waals surface area contributed by atoms with Crippen molar-refractivity contribution < 1.29 is 4.79 Å². The number of aryl methyl sites for hydroxylation is 1. The van der Waals surface area contributed by atoms with Gasteiger partial charge >= 0.3 is 5.69 Å². The molecular weight excluding hydrogens is 318 g/mol. The molecule has 0 unspecified atom stereocenters. The molecule has 25 heavy (non-hydrogen) atoms. The van der Waals surface area contributed by atoms with Gasteiger partial charge in [0.15, 0.2) is 5.65 Å². The topological polar surface area (TPSA) is 72.5 Å². The molecule has 0 aliphatic rings. The molecule has 0 radical (unpaired) electrons. The van der Waals surface area contributed by atoms with E-state index in [1.165, 1.54) is 9.08 Å². The third kappa shape index (κ3) is 2.90. The third-order valence-corrected chi connectivity index (χ3v) is 4.28. The van der Waals surface area contributed by atoms with E-state index < -0.39 is 0 Å². The predicted octanol–water partition coefficient (Wildman–Crippen LogP) is 2.00. The molecule has 0 spiro atoms. The Morgan fingerprint density at radius 2 is 1.80 bits per heavy atom. The van der Waals surface area contributed by atoms with E-state index in [0.29, 0.717) is 11.5 Å². The van der Waals surface area contributed by atoms with Crippen molar-refractivity contribution in [1.29, 1.82) is 0 Å². The first-order valence-electron chi connectivity index (χ1n) is 8.47. The fraction of sp³-hybridized carbons (Fsp3) is 0.444. The Morgan fingerprint density at radius 1 is 1.16 bits per heavy atom. The summed E-state index contributed by atoms with van der Waals surface area (Å²) in [6, 6.07) is 7.66. The Morgan fingerprint density at radius 3 is 2.44 bits per heavy atom. The first-order chi connectivity index (χ1) is 11.8.